The van der Waals surface area contributed by atoms with Gasteiger partial charge in [0.1, 0.15) is 5.75 Å². The fourth-order valence-corrected chi connectivity index (χ4v) is 1.78. The Morgan fingerprint density at radius 3 is 2.21 bits per heavy atom. The second-order valence-corrected chi connectivity index (χ2v) is 4.34. The minimum absolute atomic E-state index is 0.439. The Kier molecular flexibility index (Phi) is 3.30. The lowest BCUT2D eigenvalue weighted by molar-refractivity contribution is 0.0787. The largest absolute Gasteiger partial charge is 0.495 e. The minimum atomic E-state index is -1.01. The van der Waals surface area contributed by atoms with Crippen LogP contribution in [-0.2, 0) is 5.60 Å². The number of hydrogen-bond acceptors (Lipinski definition) is 2. The van der Waals surface area contributed by atoms with E-state index in [0.29, 0.717) is 21.4 Å². The molecule has 0 radical (unpaired) electrons. The monoisotopic (exact) mass is 234 g/mol. The van der Waals surface area contributed by atoms with E-state index < -0.39 is 5.60 Å². The van der Waals surface area contributed by atoms with Gasteiger partial charge in [-0.15, -0.1) is 0 Å². The van der Waals surface area contributed by atoms with Crippen molar-refractivity contribution in [1.82, 2.24) is 0 Å². The molecule has 0 aliphatic rings. The molecule has 4 heteroatoms. The van der Waals surface area contributed by atoms with Gasteiger partial charge in [0.25, 0.3) is 0 Å². The summed E-state index contributed by atoms with van der Waals surface area (Å²) in [4.78, 5) is 0. The third-order valence-electron chi connectivity index (χ3n) is 1.90. The lowest BCUT2D eigenvalue weighted by atomic mass is 9.98. The molecular formula is C10H12Cl2O2. The summed E-state index contributed by atoms with van der Waals surface area (Å²) in [5, 5.41) is 10.7. The number of benzene rings is 1. The van der Waals surface area contributed by atoms with Crippen molar-refractivity contribution in [3.8, 4) is 5.75 Å². The molecule has 0 aliphatic heterocycles. The summed E-state index contributed by atoms with van der Waals surface area (Å²) >= 11 is 11.9. The Bertz CT molecular complexity index is 343. The van der Waals surface area contributed by atoms with Crippen molar-refractivity contribution in [2.75, 3.05) is 7.11 Å². The van der Waals surface area contributed by atoms with E-state index in [9.17, 15) is 5.11 Å². The van der Waals surface area contributed by atoms with Crippen molar-refractivity contribution in [3.63, 3.8) is 0 Å². The Morgan fingerprint density at radius 2 is 1.79 bits per heavy atom. The fraction of sp³-hybridized carbons (Fsp3) is 0.400. The van der Waals surface area contributed by atoms with Crippen molar-refractivity contribution in [1.29, 1.82) is 0 Å². The van der Waals surface area contributed by atoms with Crippen molar-refractivity contribution in [2.24, 2.45) is 0 Å². The molecule has 0 aliphatic carbocycles. The van der Waals surface area contributed by atoms with E-state index in [0.717, 1.165) is 0 Å². The van der Waals surface area contributed by atoms with Gasteiger partial charge in [-0.05, 0) is 19.9 Å². The summed E-state index contributed by atoms with van der Waals surface area (Å²) in [6, 6.07) is 3.21. The van der Waals surface area contributed by atoms with Crippen LogP contribution in [0, 0.1) is 0 Å². The van der Waals surface area contributed by atoms with Crippen LogP contribution in [0.2, 0.25) is 10.0 Å². The fourth-order valence-electron chi connectivity index (χ4n) is 1.15. The van der Waals surface area contributed by atoms with Gasteiger partial charge in [0, 0.05) is 11.6 Å². The molecule has 0 fully saturated rings. The summed E-state index contributed by atoms with van der Waals surface area (Å²) in [7, 11) is 1.52. The van der Waals surface area contributed by atoms with Gasteiger partial charge in [-0.25, -0.2) is 0 Å². The lowest BCUT2D eigenvalue weighted by Crippen LogP contribution is -2.16. The molecule has 1 N–H and O–H groups in total. The average molecular weight is 235 g/mol. The third kappa shape index (κ3) is 2.32. The zero-order valence-electron chi connectivity index (χ0n) is 8.27. The highest BCUT2D eigenvalue weighted by molar-refractivity contribution is 6.34. The Labute approximate surface area is 93.4 Å². The first-order chi connectivity index (χ1) is 6.36. The van der Waals surface area contributed by atoms with E-state index in [1.54, 1.807) is 26.0 Å². The first-order valence-electron chi connectivity index (χ1n) is 4.12. The second kappa shape index (κ2) is 3.97. The van der Waals surface area contributed by atoms with Crippen molar-refractivity contribution >= 4 is 23.2 Å². The molecule has 0 saturated carbocycles. The number of aliphatic hydroxyl groups is 1. The zero-order valence-corrected chi connectivity index (χ0v) is 9.78. The molecule has 2 nitrogen and oxygen atoms in total. The normalized spacial score (nSPS) is 11.6. The van der Waals surface area contributed by atoms with E-state index in [1.165, 1.54) is 7.11 Å². The standard InChI is InChI=1S/C10H12Cl2O2/c1-10(2,13)6-4-8(12)9(14-3)5-7(6)11/h4-5,13H,1-3H3. The molecule has 1 aromatic carbocycles. The Balaban J connectivity index is 3.29. The summed E-state index contributed by atoms with van der Waals surface area (Å²) in [6.07, 6.45) is 0. The summed E-state index contributed by atoms with van der Waals surface area (Å²) < 4.78 is 5.00. The molecule has 0 aromatic heterocycles. The van der Waals surface area contributed by atoms with Crippen LogP contribution < -0.4 is 4.74 Å². The topological polar surface area (TPSA) is 29.5 Å². The smallest absolute Gasteiger partial charge is 0.138 e. The van der Waals surface area contributed by atoms with E-state index in [1.807, 2.05) is 0 Å². The lowest BCUT2D eigenvalue weighted by Gasteiger charge is -2.20. The second-order valence-electron chi connectivity index (χ2n) is 3.53. The highest BCUT2D eigenvalue weighted by Crippen LogP contribution is 2.35. The maximum Gasteiger partial charge on any atom is 0.138 e. The quantitative estimate of drug-likeness (QED) is 0.852. The highest BCUT2D eigenvalue weighted by atomic mass is 35.5. The summed E-state index contributed by atoms with van der Waals surface area (Å²) in [5.41, 5.74) is -0.419. The molecule has 1 aromatic rings. The van der Waals surface area contributed by atoms with Gasteiger partial charge in [-0.2, -0.15) is 0 Å². The maximum absolute atomic E-state index is 9.77. The van der Waals surface area contributed by atoms with Gasteiger partial charge in [-0.1, -0.05) is 23.2 Å². The summed E-state index contributed by atoms with van der Waals surface area (Å²) in [5.74, 6) is 0.504. The SMILES string of the molecule is COc1cc(Cl)c(C(C)(C)O)cc1Cl. The van der Waals surface area contributed by atoms with Crippen LogP contribution in [-0.4, -0.2) is 12.2 Å². The number of methoxy groups -OCH3 is 1. The molecule has 0 heterocycles. The molecule has 0 bridgehead atoms. The van der Waals surface area contributed by atoms with Crippen LogP contribution in [0.3, 0.4) is 0 Å². The average Bonchev–Trinajstić information content (AvgIpc) is 2.06. The van der Waals surface area contributed by atoms with Crippen LogP contribution in [0.5, 0.6) is 5.75 Å². The molecule has 1 rings (SSSR count). The molecule has 14 heavy (non-hydrogen) atoms. The molecule has 0 atom stereocenters. The number of rotatable bonds is 2. The van der Waals surface area contributed by atoms with Gasteiger partial charge in [0.2, 0.25) is 0 Å². The number of ether oxygens (including phenoxy) is 1. The molecule has 0 saturated heterocycles. The van der Waals surface area contributed by atoms with Gasteiger partial charge < -0.3 is 9.84 Å². The van der Waals surface area contributed by atoms with E-state index in [-0.39, 0.29) is 0 Å². The molecule has 0 amide bonds. The van der Waals surface area contributed by atoms with Gasteiger partial charge in [0.15, 0.2) is 0 Å². The summed E-state index contributed by atoms with van der Waals surface area (Å²) in [6.45, 7) is 3.30. The van der Waals surface area contributed by atoms with E-state index in [2.05, 4.69) is 0 Å². The van der Waals surface area contributed by atoms with Crippen molar-refractivity contribution in [2.45, 2.75) is 19.4 Å². The van der Waals surface area contributed by atoms with Crippen molar-refractivity contribution < 1.29 is 9.84 Å². The van der Waals surface area contributed by atoms with Crippen LogP contribution in [0.15, 0.2) is 12.1 Å². The van der Waals surface area contributed by atoms with Crippen LogP contribution in [0.1, 0.15) is 19.4 Å². The van der Waals surface area contributed by atoms with Crippen molar-refractivity contribution in [3.05, 3.63) is 27.7 Å². The Hall–Kier alpha value is -0.440. The van der Waals surface area contributed by atoms with Gasteiger partial charge >= 0.3 is 0 Å². The number of halogens is 2. The molecule has 0 spiro atoms. The van der Waals surface area contributed by atoms with Crippen LogP contribution in [0.25, 0.3) is 0 Å². The predicted molar refractivity (Wildman–Crippen MR) is 58.3 cm³/mol. The zero-order chi connectivity index (χ0) is 10.9. The molecular weight excluding hydrogens is 223 g/mol. The van der Waals surface area contributed by atoms with Crippen LogP contribution >= 0.6 is 23.2 Å². The van der Waals surface area contributed by atoms with E-state index >= 15 is 0 Å². The maximum atomic E-state index is 9.77. The third-order valence-corrected chi connectivity index (χ3v) is 2.51. The molecule has 0 unspecified atom stereocenters. The first-order valence-corrected chi connectivity index (χ1v) is 4.87. The minimum Gasteiger partial charge on any atom is -0.495 e. The van der Waals surface area contributed by atoms with E-state index in [4.69, 9.17) is 27.9 Å². The number of hydrogen-bond donors (Lipinski definition) is 1. The first kappa shape index (κ1) is 11.6. The highest BCUT2D eigenvalue weighted by Gasteiger charge is 2.21. The molecule has 78 valence electrons. The van der Waals surface area contributed by atoms with Gasteiger partial charge in [0.05, 0.1) is 22.8 Å². The Morgan fingerprint density at radius 1 is 1.21 bits per heavy atom. The van der Waals surface area contributed by atoms with Crippen LogP contribution in [0.4, 0.5) is 0 Å². The van der Waals surface area contributed by atoms with Gasteiger partial charge in [-0.3, -0.25) is 0 Å². The predicted octanol–water partition coefficient (Wildman–Crippen LogP) is 3.23.